The van der Waals surface area contributed by atoms with E-state index in [1.165, 1.54) is 38.5 Å². The third-order valence-corrected chi connectivity index (χ3v) is 6.76. The van der Waals surface area contributed by atoms with Crippen LogP contribution in [0.25, 0.3) is 0 Å². The van der Waals surface area contributed by atoms with Crippen LogP contribution in [0.3, 0.4) is 0 Å². The number of carbonyl (C=O) groups is 1. The highest BCUT2D eigenvalue weighted by molar-refractivity contribution is 5.82. The van der Waals surface area contributed by atoms with Gasteiger partial charge >= 0.3 is 0 Å². The highest BCUT2D eigenvalue weighted by atomic mass is 19.1. The minimum absolute atomic E-state index is 0.0189. The van der Waals surface area contributed by atoms with Crippen LogP contribution < -0.4 is 0 Å². The van der Waals surface area contributed by atoms with Crippen LogP contribution in [-0.2, 0) is 9.53 Å². The van der Waals surface area contributed by atoms with Crippen molar-refractivity contribution in [3.8, 4) is 0 Å². The summed E-state index contributed by atoms with van der Waals surface area (Å²) in [5.74, 6) is 0.0890. The molecule has 3 rings (SSSR count). The highest BCUT2D eigenvalue weighted by Crippen LogP contribution is 2.30. The van der Waals surface area contributed by atoms with Crippen molar-refractivity contribution in [2.45, 2.75) is 102 Å². The zero-order valence-corrected chi connectivity index (χ0v) is 17.6. The second-order valence-corrected chi connectivity index (χ2v) is 8.97. The van der Waals surface area contributed by atoms with Gasteiger partial charge in [0.25, 0.3) is 0 Å². The van der Waals surface area contributed by atoms with Crippen molar-refractivity contribution < 1.29 is 13.9 Å². The van der Waals surface area contributed by atoms with Crippen LogP contribution in [0.2, 0.25) is 0 Å². The van der Waals surface area contributed by atoms with Gasteiger partial charge in [0.15, 0.2) is 0 Å². The molecule has 1 aliphatic carbocycles. The maximum atomic E-state index is 14.5. The summed E-state index contributed by atoms with van der Waals surface area (Å²) in [7, 11) is 2.05. The lowest BCUT2D eigenvalue weighted by Crippen LogP contribution is -2.54. The lowest BCUT2D eigenvalue weighted by atomic mass is 10.0. The minimum atomic E-state index is -1.09. The number of hydrogen-bond acceptors (Lipinski definition) is 4. The maximum Gasteiger partial charge on any atom is 0.241 e. The van der Waals surface area contributed by atoms with Gasteiger partial charge in [0, 0.05) is 19.1 Å². The first-order valence-corrected chi connectivity index (χ1v) is 10.9. The van der Waals surface area contributed by atoms with E-state index in [-0.39, 0.29) is 36.9 Å². The van der Waals surface area contributed by atoms with Gasteiger partial charge in [-0.1, -0.05) is 25.7 Å². The van der Waals surface area contributed by atoms with Crippen molar-refractivity contribution in [3.05, 3.63) is 0 Å². The van der Waals surface area contributed by atoms with E-state index in [0.717, 1.165) is 6.54 Å². The van der Waals surface area contributed by atoms with Crippen LogP contribution in [0.4, 0.5) is 4.39 Å². The molecule has 2 heterocycles. The summed E-state index contributed by atoms with van der Waals surface area (Å²) in [6, 6.07) is 0.430. The quantitative estimate of drug-likeness (QED) is 0.699. The van der Waals surface area contributed by atoms with E-state index in [0.29, 0.717) is 19.0 Å². The van der Waals surface area contributed by atoms with Gasteiger partial charge in [-0.2, -0.15) is 0 Å². The Hall–Kier alpha value is -0.720. The molecule has 1 amide bonds. The van der Waals surface area contributed by atoms with Crippen LogP contribution in [-0.4, -0.2) is 83.9 Å². The second kappa shape index (κ2) is 9.19. The van der Waals surface area contributed by atoms with E-state index in [1.54, 1.807) is 4.90 Å². The Balaban J connectivity index is 1.60. The van der Waals surface area contributed by atoms with Gasteiger partial charge in [-0.15, -0.1) is 0 Å². The number of alkyl halides is 1. The number of hydrogen-bond donors (Lipinski definition) is 0. The fourth-order valence-corrected chi connectivity index (χ4v) is 5.07. The van der Waals surface area contributed by atoms with Gasteiger partial charge in [-0.25, -0.2) is 4.39 Å². The zero-order valence-electron chi connectivity index (χ0n) is 17.6. The van der Waals surface area contributed by atoms with E-state index in [4.69, 9.17) is 4.74 Å². The van der Waals surface area contributed by atoms with E-state index in [2.05, 4.69) is 16.7 Å². The van der Waals surface area contributed by atoms with Crippen molar-refractivity contribution in [1.29, 1.82) is 0 Å². The first kappa shape index (κ1) is 21.0. The van der Waals surface area contributed by atoms with Crippen LogP contribution >= 0.6 is 0 Å². The van der Waals surface area contributed by atoms with E-state index >= 15 is 0 Å². The Morgan fingerprint density at radius 3 is 2.33 bits per heavy atom. The molecule has 2 saturated heterocycles. The fourth-order valence-electron chi connectivity index (χ4n) is 5.07. The molecule has 0 radical (unpaired) electrons. The molecular weight excluding hydrogens is 345 g/mol. The van der Waals surface area contributed by atoms with Gasteiger partial charge in [0.1, 0.15) is 12.2 Å². The Morgan fingerprint density at radius 2 is 1.74 bits per heavy atom. The number of rotatable bonds is 4. The number of likely N-dealkylation sites (N-methyl/N-ethyl adjacent to an activating group) is 1. The van der Waals surface area contributed by atoms with Crippen molar-refractivity contribution in [3.63, 3.8) is 0 Å². The number of piperidine rings is 1. The molecule has 0 spiro atoms. The summed E-state index contributed by atoms with van der Waals surface area (Å²) >= 11 is 0. The molecule has 27 heavy (non-hydrogen) atoms. The van der Waals surface area contributed by atoms with Gasteiger partial charge in [-0.3, -0.25) is 14.6 Å². The molecule has 0 aromatic carbocycles. The topological polar surface area (TPSA) is 36.0 Å². The minimum Gasteiger partial charge on any atom is -0.372 e. The Labute approximate surface area is 164 Å². The molecule has 0 aromatic rings. The van der Waals surface area contributed by atoms with Gasteiger partial charge < -0.3 is 9.64 Å². The smallest absolute Gasteiger partial charge is 0.241 e. The molecule has 4 atom stereocenters. The van der Waals surface area contributed by atoms with E-state index in [9.17, 15) is 9.18 Å². The molecule has 2 aliphatic heterocycles. The average molecular weight is 384 g/mol. The van der Waals surface area contributed by atoms with Crippen LogP contribution in [0, 0.1) is 0 Å². The third-order valence-electron chi connectivity index (χ3n) is 6.76. The van der Waals surface area contributed by atoms with Crippen molar-refractivity contribution in [1.82, 2.24) is 14.7 Å². The maximum absolute atomic E-state index is 14.5. The summed E-state index contributed by atoms with van der Waals surface area (Å²) in [6.45, 7) is 7.61. The number of carbonyl (C=O) groups excluding carboxylic acids is 1. The second-order valence-electron chi connectivity index (χ2n) is 8.97. The van der Waals surface area contributed by atoms with E-state index < -0.39 is 6.17 Å². The highest BCUT2D eigenvalue weighted by Gasteiger charge is 2.44. The molecule has 0 N–H and O–H groups in total. The molecule has 0 aromatic heterocycles. The molecule has 3 fully saturated rings. The molecule has 156 valence electrons. The monoisotopic (exact) mass is 383 g/mol. The zero-order chi connectivity index (χ0) is 19.6. The summed E-state index contributed by atoms with van der Waals surface area (Å²) < 4.78 is 20.2. The molecule has 2 unspecified atom stereocenters. The molecular formula is C21H38FN3O2. The molecule has 6 heteroatoms. The van der Waals surface area contributed by atoms with Crippen LogP contribution in [0.1, 0.15) is 65.7 Å². The molecule has 3 aliphatic rings. The largest absolute Gasteiger partial charge is 0.372 e. The molecule has 1 saturated carbocycles. The predicted octanol–water partition coefficient (Wildman–Crippen LogP) is 3.04. The Morgan fingerprint density at radius 1 is 1.07 bits per heavy atom. The lowest BCUT2D eigenvalue weighted by molar-refractivity contribution is -0.142. The van der Waals surface area contributed by atoms with Gasteiger partial charge in [-0.05, 0) is 47.1 Å². The van der Waals surface area contributed by atoms with Crippen LogP contribution in [0.15, 0.2) is 0 Å². The number of ether oxygens (including phenoxy) is 1. The fraction of sp³-hybridized carbons (Fsp3) is 0.952. The van der Waals surface area contributed by atoms with Crippen molar-refractivity contribution in [2.24, 2.45) is 0 Å². The number of likely N-dealkylation sites (tertiary alicyclic amines) is 1. The summed E-state index contributed by atoms with van der Waals surface area (Å²) in [5, 5.41) is 0. The molecule has 0 bridgehead atoms. The number of nitrogens with zero attached hydrogens (tertiary/aromatic N) is 3. The first-order chi connectivity index (χ1) is 12.9. The normalized spacial score (nSPS) is 35.0. The summed E-state index contributed by atoms with van der Waals surface area (Å²) in [4.78, 5) is 19.6. The van der Waals surface area contributed by atoms with Crippen molar-refractivity contribution >= 4 is 5.91 Å². The van der Waals surface area contributed by atoms with Crippen LogP contribution in [0.5, 0.6) is 0 Å². The Bertz CT molecular complexity index is 496. The standard InChI is InChI=1S/C21H38FN3O2/c1-15(2)27-20-11-12-24(13-18(20)22)21(26)19-14-25(16(3)23(19)4)17-9-7-5-6-8-10-17/h15-20H,5-14H2,1-4H3/t16?,18-,19?,20+/m1/s1. The van der Waals surface area contributed by atoms with Crippen molar-refractivity contribution in [2.75, 3.05) is 26.7 Å². The molecule has 5 nitrogen and oxygen atoms in total. The first-order valence-electron chi connectivity index (χ1n) is 10.9. The summed E-state index contributed by atoms with van der Waals surface area (Å²) in [6.07, 6.45) is 7.15. The average Bonchev–Trinajstić information content (AvgIpc) is 2.82. The SMILES string of the molecule is CC(C)O[C@H]1CCN(C(=O)C2CN(C3CCCCCC3)C(C)N2C)C[C@H]1F. The third kappa shape index (κ3) is 4.83. The predicted molar refractivity (Wildman–Crippen MR) is 105 cm³/mol. The summed E-state index contributed by atoms with van der Waals surface area (Å²) in [5.41, 5.74) is 0. The van der Waals surface area contributed by atoms with E-state index in [1.807, 2.05) is 20.9 Å². The number of halogens is 1. The van der Waals surface area contributed by atoms with Gasteiger partial charge in [0.2, 0.25) is 5.91 Å². The van der Waals surface area contributed by atoms with Gasteiger partial charge in [0.05, 0.1) is 24.9 Å². The number of amides is 1. The lowest BCUT2D eigenvalue weighted by Gasteiger charge is -2.37. The Kier molecular flexibility index (Phi) is 7.14.